The number of hydrogen-bond acceptors (Lipinski definition) is 7. The van der Waals surface area contributed by atoms with E-state index in [9.17, 15) is 18.4 Å². The van der Waals surface area contributed by atoms with E-state index in [1.54, 1.807) is 24.5 Å². The lowest BCUT2D eigenvalue weighted by atomic mass is 9.97. The van der Waals surface area contributed by atoms with Crippen molar-refractivity contribution in [2.45, 2.75) is 38.8 Å². The van der Waals surface area contributed by atoms with E-state index < -0.39 is 29.3 Å². The van der Waals surface area contributed by atoms with E-state index in [1.165, 1.54) is 6.07 Å². The molecular weight excluding hydrogens is 535 g/mol. The highest BCUT2D eigenvalue weighted by Gasteiger charge is 2.30. The first-order chi connectivity index (χ1) is 19.6. The monoisotopic (exact) mass is 567 g/mol. The van der Waals surface area contributed by atoms with Gasteiger partial charge in [0.25, 0.3) is 12.3 Å². The van der Waals surface area contributed by atoms with Crippen molar-refractivity contribution in [3.8, 4) is 0 Å². The summed E-state index contributed by atoms with van der Waals surface area (Å²) in [5.41, 5.74) is 0.0857. The van der Waals surface area contributed by atoms with Crippen LogP contribution in [0.2, 0.25) is 0 Å². The van der Waals surface area contributed by atoms with Gasteiger partial charge in [-0.05, 0) is 51.1 Å². The summed E-state index contributed by atoms with van der Waals surface area (Å²) in [4.78, 5) is 42.0. The summed E-state index contributed by atoms with van der Waals surface area (Å²) in [6.07, 6.45) is 3.70. The van der Waals surface area contributed by atoms with Gasteiger partial charge in [-0.15, -0.1) is 0 Å². The molecule has 0 aliphatic carbocycles. The van der Waals surface area contributed by atoms with E-state index in [0.717, 1.165) is 17.8 Å². The summed E-state index contributed by atoms with van der Waals surface area (Å²) >= 11 is 0. The van der Waals surface area contributed by atoms with Crippen LogP contribution < -0.4 is 20.7 Å². The van der Waals surface area contributed by atoms with Crippen molar-refractivity contribution in [2.24, 2.45) is 0 Å². The van der Waals surface area contributed by atoms with Crippen LogP contribution in [-0.2, 0) is 0 Å². The molecule has 2 aliphatic rings. The summed E-state index contributed by atoms with van der Waals surface area (Å²) < 4.78 is 43.2. The third-order valence-corrected chi connectivity index (χ3v) is 7.86. The van der Waals surface area contributed by atoms with E-state index in [0.29, 0.717) is 55.5 Å². The van der Waals surface area contributed by atoms with Crippen molar-refractivity contribution >= 4 is 28.8 Å². The van der Waals surface area contributed by atoms with Crippen molar-refractivity contribution in [1.82, 2.24) is 19.9 Å². The minimum atomic E-state index is -3.02. The largest absolute Gasteiger partial charge is 0.367 e. The normalized spacial score (nSPS) is 19.8. The van der Waals surface area contributed by atoms with Gasteiger partial charge >= 0.3 is 0 Å². The Morgan fingerprint density at radius 1 is 1.10 bits per heavy atom. The van der Waals surface area contributed by atoms with Gasteiger partial charge in [-0.2, -0.15) is 0 Å². The number of piperazine rings is 1. The number of nitrogens with one attached hydrogen (secondary N) is 2. The Morgan fingerprint density at radius 2 is 1.80 bits per heavy atom. The highest BCUT2D eigenvalue weighted by atomic mass is 19.3. The van der Waals surface area contributed by atoms with Crippen molar-refractivity contribution < 1.29 is 18.0 Å². The van der Waals surface area contributed by atoms with Crippen LogP contribution in [0.1, 0.15) is 48.2 Å². The zero-order valence-corrected chi connectivity index (χ0v) is 23.1. The number of aromatic nitrogens is 3. The van der Waals surface area contributed by atoms with Crippen LogP contribution in [0.5, 0.6) is 0 Å². The number of likely N-dealkylation sites (N-methyl/N-ethyl adjacent to an activating group) is 1. The summed E-state index contributed by atoms with van der Waals surface area (Å²) in [6.45, 7) is 6.34. The molecule has 2 aliphatic heterocycles. The molecule has 1 fully saturated rings. The van der Waals surface area contributed by atoms with Gasteiger partial charge in [-0.25, -0.2) is 23.1 Å². The highest BCUT2D eigenvalue weighted by Crippen LogP contribution is 2.36. The quantitative estimate of drug-likeness (QED) is 0.458. The number of hydrogen-bond donors (Lipinski definition) is 2. The fourth-order valence-corrected chi connectivity index (χ4v) is 5.38. The van der Waals surface area contributed by atoms with Gasteiger partial charge in [0, 0.05) is 74.0 Å². The molecule has 1 aromatic carbocycles. The van der Waals surface area contributed by atoms with E-state index >= 15 is 4.39 Å². The molecule has 2 N–H and O–H groups in total. The first-order valence-electron chi connectivity index (χ1n) is 13.5. The van der Waals surface area contributed by atoms with Crippen LogP contribution in [0.3, 0.4) is 0 Å². The number of alkyl halides is 2. The molecule has 2 aromatic heterocycles. The number of pyridine rings is 1. The van der Waals surface area contributed by atoms with Gasteiger partial charge in [-0.3, -0.25) is 14.5 Å². The molecule has 0 spiro atoms. The number of aromatic amines is 1. The van der Waals surface area contributed by atoms with E-state index in [-0.39, 0.29) is 17.6 Å². The SMILES string of the molecule is CC1CN(c2cc(F)c(C3=CCN(c4ncccn4)CC3)cc2NC(=O)c2c[nH]c(=O)cc2C(F)F)CC(C)N1C. The van der Waals surface area contributed by atoms with Crippen LogP contribution in [-0.4, -0.2) is 71.1 Å². The van der Waals surface area contributed by atoms with Gasteiger partial charge in [0.1, 0.15) is 5.82 Å². The number of benzene rings is 1. The number of amides is 1. The molecule has 9 nitrogen and oxygen atoms in total. The van der Waals surface area contributed by atoms with Crippen LogP contribution in [0.15, 0.2) is 53.7 Å². The zero-order chi connectivity index (χ0) is 29.3. The van der Waals surface area contributed by atoms with E-state index in [1.807, 2.05) is 22.9 Å². The molecule has 41 heavy (non-hydrogen) atoms. The third-order valence-electron chi connectivity index (χ3n) is 7.86. The van der Waals surface area contributed by atoms with Crippen molar-refractivity contribution in [3.05, 3.63) is 81.8 Å². The van der Waals surface area contributed by atoms with Crippen LogP contribution in [0.4, 0.5) is 30.5 Å². The molecule has 1 amide bonds. The number of halogens is 3. The number of carbonyl (C=O) groups excluding carboxylic acids is 1. The Kier molecular flexibility index (Phi) is 8.11. The molecule has 5 rings (SSSR count). The van der Waals surface area contributed by atoms with Gasteiger partial charge in [0.2, 0.25) is 11.5 Å². The second-order valence-corrected chi connectivity index (χ2v) is 10.5. The molecular formula is C29H32F3N7O2. The molecule has 4 heterocycles. The Bertz CT molecular complexity index is 1500. The Morgan fingerprint density at radius 3 is 2.44 bits per heavy atom. The minimum Gasteiger partial charge on any atom is -0.367 e. The first-order valence-corrected chi connectivity index (χ1v) is 13.5. The second-order valence-electron chi connectivity index (χ2n) is 10.5. The minimum absolute atomic E-state index is 0.155. The van der Waals surface area contributed by atoms with Crippen molar-refractivity contribution in [3.63, 3.8) is 0 Å². The van der Waals surface area contributed by atoms with Crippen LogP contribution in [0, 0.1) is 5.82 Å². The summed E-state index contributed by atoms with van der Waals surface area (Å²) in [7, 11) is 2.03. The number of H-pyrrole nitrogens is 1. The molecule has 0 saturated carbocycles. The second kappa shape index (κ2) is 11.7. The molecule has 1 saturated heterocycles. The molecule has 3 aromatic rings. The molecule has 0 radical (unpaired) electrons. The zero-order valence-electron chi connectivity index (χ0n) is 23.1. The van der Waals surface area contributed by atoms with Gasteiger partial charge in [0.05, 0.1) is 16.9 Å². The fraction of sp³-hybridized carbons (Fsp3) is 0.379. The summed E-state index contributed by atoms with van der Waals surface area (Å²) in [6, 6.07) is 5.74. The van der Waals surface area contributed by atoms with E-state index in [2.05, 4.69) is 39.0 Å². The number of carbonyl (C=O) groups is 1. The third kappa shape index (κ3) is 5.97. The summed E-state index contributed by atoms with van der Waals surface area (Å²) in [5.74, 6) is -0.679. The predicted molar refractivity (Wildman–Crippen MR) is 152 cm³/mol. The maximum absolute atomic E-state index is 15.8. The van der Waals surface area contributed by atoms with Gasteiger partial charge in [-0.1, -0.05) is 6.08 Å². The van der Waals surface area contributed by atoms with Crippen molar-refractivity contribution in [2.75, 3.05) is 48.3 Å². The predicted octanol–water partition coefficient (Wildman–Crippen LogP) is 4.32. The fourth-order valence-electron chi connectivity index (χ4n) is 5.38. The van der Waals surface area contributed by atoms with Crippen LogP contribution in [0.25, 0.3) is 5.57 Å². The Balaban J connectivity index is 1.51. The highest BCUT2D eigenvalue weighted by molar-refractivity contribution is 6.07. The molecule has 216 valence electrons. The smallest absolute Gasteiger partial charge is 0.264 e. The average molecular weight is 568 g/mol. The Hall–Kier alpha value is -4.19. The van der Waals surface area contributed by atoms with Gasteiger partial charge in [0.15, 0.2) is 0 Å². The van der Waals surface area contributed by atoms with E-state index in [4.69, 9.17) is 0 Å². The number of rotatable bonds is 6. The Labute approximate surface area is 235 Å². The van der Waals surface area contributed by atoms with Gasteiger partial charge < -0.3 is 20.1 Å². The molecule has 2 unspecified atom stereocenters. The molecule has 12 heteroatoms. The first kappa shape index (κ1) is 28.3. The number of nitrogens with zero attached hydrogens (tertiary/aromatic N) is 5. The lowest BCUT2D eigenvalue weighted by molar-refractivity contribution is 0.101. The van der Waals surface area contributed by atoms with Crippen molar-refractivity contribution in [1.29, 1.82) is 0 Å². The average Bonchev–Trinajstić information content (AvgIpc) is 2.96. The lowest BCUT2D eigenvalue weighted by Crippen LogP contribution is -2.55. The lowest BCUT2D eigenvalue weighted by Gasteiger charge is -2.44. The molecule has 0 bridgehead atoms. The maximum Gasteiger partial charge on any atom is 0.264 e. The maximum atomic E-state index is 15.8. The number of anilines is 3. The topological polar surface area (TPSA) is 97.5 Å². The summed E-state index contributed by atoms with van der Waals surface area (Å²) in [5, 5.41) is 2.75. The molecule has 2 atom stereocenters. The standard InChI is InChI=1S/C29H32F3N7O2/c1-17-15-39(16-18(2)37(17)3)25-13-23(30)20(19-5-9-38(10-6-19)29-33-7-4-8-34-29)11-24(25)36-28(41)22-14-35-26(40)12-21(22)27(31)32/h4-5,7-8,11-14,17-18,27H,6,9-10,15-16H2,1-3H3,(H,35,40)(H,36,41). The van der Waals surface area contributed by atoms with Crippen LogP contribution >= 0.6 is 0 Å².